The highest BCUT2D eigenvalue weighted by molar-refractivity contribution is 9.09. The Hall–Kier alpha value is 0.730. The first-order valence-corrected chi connectivity index (χ1v) is 4.39. The van der Waals surface area contributed by atoms with E-state index in [0.29, 0.717) is 5.33 Å². The molecule has 0 fully saturated rings. The Morgan fingerprint density at radius 1 is 1.56 bits per heavy atom. The zero-order valence-electron chi connectivity index (χ0n) is 5.95. The molecule has 0 aliphatic carbocycles. The lowest BCUT2D eigenvalue weighted by Gasteiger charge is -2.22. The van der Waals surface area contributed by atoms with Gasteiger partial charge in [-0.15, -0.1) is 0 Å². The fourth-order valence-corrected chi connectivity index (χ4v) is 0.815. The minimum atomic E-state index is -0.218. The van der Waals surface area contributed by atoms with Gasteiger partial charge in [0, 0.05) is 5.33 Å². The molecule has 1 atom stereocenters. The van der Waals surface area contributed by atoms with Crippen molar-refractivity contribution in [3.63, 3.8) is 0 Å². The predicted molar refractivity (Wildman–Crippen MR) is 44.3 cm³/mol. The highest BCUT2D eigenvalue weighted by Gasteiger charge is 2.14. The Morgan fingerprint density at radius 2 is 2.00 bits per heavy atom. The molecule has 0 amide bonds. The summed E-state index contributed by atoms with van der Waals surface area (Å²) in [7, 11) is 0. The molecular weight excluding hydrogens is 203 g/mol. The quantitative estimate of drug-likeness (QED) is 0.644. The maximum atomic E-state index is 5.68. The SMILES string of the molecule is CC(C)(C)OC(Cl)CBr. The largest absolute Gasteiger partial charge is 0.356 e. The molecule has 0 aliphatic rings. The van der Waals surface area contributed by atoms with Crippen LogP contribution in [0.3, 0.4) is 0 Å². The van der Waals surface area contributed by atoms with E-state index in [1.165, 1.54) is 0 Å². The average Bonchev–Trinajstić information content (AvgIpc) is 1.62. The van der Waals surface area contributed by atoms with E-state index < -0.39 is 0 Å². The molecule has 0 aromatic carbocycles. The number of halogens is 2. The molecule has 3 heteroatoms. The van der Waals surface area contributed by atoms with Crippen molar-refractivity contribution in [3.05, 3.63) is 0 Å². The minimum Gasteiger partial charge on any atom is -0.356 e. The molecule has 0 radical (unpaired) electrons. The Bertz CT molecular complexity index is 79.6. The van der Waals surface area contributed by atoms with Gasteiger partial charge in [-0.05, 0) is 20.8 Å². The Kier molecular flexibility index (Phi) is 4.10. The van der Waals surface area contributed by atoms with Crippen molar-refractivity contribution in [2.75, 3.05) is 5.33 Å². The van der Waals surface area contributed by atoms with Gasteiger partial charge in [-0.2, -0.15) is 0 Å². The Labute approximate surface area is 69.8 Å². The van der Waals surface area contributed by atoms with E-state index in [4.69, 9.17) is 16.3 Å². The number of rotatable bonds is 2. The molecule has 0 bridgehead atoms. The van der Waals surface area contributed by atoms with Crippen LogP contribution in [0.4, 0.5) is 0 Å². The fourth-order valence-electron chi connectivity index (χ4n) is 0.415. The minimum absolute atomic E-state index is 0.139. The van der Waals surface area contributed by atoms with Crippen LogP contribution in [-0.2, 0) is 4.74 Å². The van der Waals surface area contributed by atoms with E-state index in [0.717, 1.165) is 0 Å². The Balaban J connectivity index is 3.47. The van der Waals surface area contributed by atoms with Crippen molar-refractivity contribution < 1.29 is 4.74 Å². The third-order valence-electron chi connectivity index (χ3n) is 0.603. The normalized spacial score (nSPS) is 15.7. The van der Waals surface area contributed by atoms with Crippen LogP contribution in [0.15, 0.2) is 0 Å². The van der Waals surface area contributed by atoms with Crippen molar-refractivity contribution in [2.45, 2.75) is 31.9 Å². The first-order chi connectivity index (χ1) is 3.95. The predicted octanol–water partition coefficient (Wildman–Crippen LogP) is 2.76. The van der Waals surface area contributed by atoms with Gasteiger partial charge in [-0.3, -0.25) is 0 Å². The summed E-state index contributed by atoms with van der Waals surface area (Å²) < 4.78 is 5.31. The molecule has 0 spiro atoms. The van der Waals surface area contributed by atoms with E-state index in [9.17, 15) is 0 Å². The highest BCUT2D eigenvalue weighted by Crippen LogP contribution is 2.14. The van der Waals surface area contributed by atoms with Gasteiger partial charge in [0.15, 0.2) is 0 Å². The second kappa shape index (κ2) is 3.79. The zero-order valence-corrected chi connectivity index (χ0v) is 8.29. The van der Waals surface area contributed by atoms with Crippen LogP contribution in [0.5, 0.6) is 0 Å². The van der Waals surface area contributed by atoms with Crippen LogP contribution in [0.2, 0.25) is 0 Å². The molecule has 0 aromatic heterocycles. The molecule has 0 heterocycles. The van der Waals surface area contributed by atoms with Crippen molar-refractivity contribution in [3.8, 4) is 0 Å². The topological polar surface area (TPSA) is 9.23 Å². The molecule has 0 saturated carbocycles. The van der Waals surface area contributed by atoms with E-state index in [2.05, 4.69) is 15.9 Å². The molecule has 0 rings (SSSR count). The average molecular weight is 216 g/mol. The van der Waals surface area contributed by atoms with Gasteiger partial charge in [-0.1, -0.05) is 27.5 Å². The second-order valence-electron chi connectivity index (χ2n) is 2.79. The van der Waals surface area contributed by atoms with E-state index >= 15 is 0 Å². The van der Waals surface area contributed by atoms with Gasteiger partial charge >= 0.3 is 0 Å². The van der Waals surface area contributed by atoms with Crippen molar-refractivity contribution in [2.24, 2.45) is 0 Å². The molecule has 0 saturated heterocycles. The van der Waals surface area contributed by atoms with Crippen LogP contribution in [0.1, 0.15) is 20.8 Å². The molecule has 56 valence electrons. The summed E-state index contributed by atoms with van der Waals surface area (Å²) in [6.45, 7) is 5.93. The maximum Gasteiger partial charge on any atom is 0.141 e. The third kappa shape index (κ3) is 6.62. The zero-order chi connectivity index (χ0) is 7.49. The lowest BCUT2D eigenvalue weighted by atomic mass is 10.2. The first-order valence-electron chi connectivity index (χ1n) is 2.83. The molecule has 1 nitrogen and oxygen atoms in total. The van der Waals surface area contributed by atoms with Crippen molar-refractivity contribution >= 4 is 27.5 Å². The summed E-state index contributed by atoms with van der Waals surface area (Å²) in [5.74, 6) is 0. The monoisotopic (exact) mass is 214 g/mol. The standard InChI is InChI=1S/C6H12BrClO/c1-6(2,3)9-5(8)4-7/h5H,4H2,1-3H3. The number of hydrogen-bond donors (Lipinski definition) is 0. The summed E-state index contributed by atoms with van der Waals surface area (Å²) in [5, 5.41) is 0.672. The Morgan fingerprint density at radius 3 is 2.11 bits per heavy atom. The summed E-state index contributed by atoms with van der Waals surface area (Å²) >= 11 is 8.89. The summed E-state index contributed by atoms with van der Waals surface area (Å²) in [4.78, 5) is 0. The third-order valence-corrected chi connectivity index (χ3v) is 1.81. The van der Waals surface area contributed by atoms with Crippen LogP contribution in [0.25, 0.3) is 0 Å². The van der Waals surface area contributed by atoms with E-state index in [1.54, 1.807) is 0 Å². The number of ether oxygens (including phenoxy) is 1. The molecule has 1 unspecified atom stereocenters. The highest BCUT2D eigenvalue weighted by atomic mass is 79.9. The fraction of sp³-hybridized carbons (Fsp3) is 1.00. The molecule has 0 aliphatic heterocycles. The second-order valence-corrected chi connectivity index (χ2v) is 3.93. The van der Waals surface area contributed by atoms with Gasteiger partial charge in [0.2, 0.25) is 0 Å². The number of alkyl halides is 2. The smallest absolute Gasteiger partial charge is 0.141 e. The summed E-state index contributed by atoms with van der Waals surface area (Å²) in [6, 6.07) is 0. The van der Waals surface area contributed by atoms with Gasteiger partial charge in [0.25, 0.3) is 0 Å². The molecule has 9 heavy (non-hydrogen) atoms. The summed E-state index contributed by atoms with van der Waals surface area (Å²) in [6.07, 6.45) is 0. The van der Waals surface area contributed by atoms with Gasteiger partial charge in [0.05, 0.1) is 5.60 Å². The van der Waals surface area contributed by atoms with Crippen LogP contribution >= 0.6 is 27.5 Å². The van der Waals surface area contributed by atoms with Crippen LogP contribution < -0.4 is 0 Å². The molecule has 0 N–H and O–H groups in total. The van der Waals surface area contributed by atoms with Crippen molar-refractivity contribution in [1.82, 2.24) is 0 Å². The van der Waals surface area contributed by atoms with Gasteiger partial charge < -0.3 is 4.74 Å². The van der Waals surface area contributed by atoms with E-state index in [1.807, 2.05) is 20.8 Å². The van der Waals surface area contributed by atoms with Gasteiger partial charge in [0.1, 0.15) is 5.56 Å². The first kappa shape index (κ1) is 9.73. The lowest BCUT2D eigenvalue weighted by Crippen LogP contribution is -2.24. The lowest BCUT2D eigenvalue weighted by molar-refractivity contribution is -0.0126. The molecule has 0 aromatic rings. The summed E-state index contributed by atoms with van der Waals surface area (Å²) in [5.41, 5.74) is -0.356. The van der Waals surface area contributed by atoms with Gasteiger partial charge in [-0.25, -0.2) is 0 Å². The maximum absolute atomic E-state index is 5.68. The number of hydrogen-bond acceptors (Lipinski definition) is 1. The van der Waals surface area contributed by atoms with Crippen molar-refractivity contribution in [1.29, 1.82) is 0 Å². The van der Waals surface area contributed by atoms with E-state index in [-0.39, 0.29) is 11.2 Å². The van der Waals surface area contributed by atoms with Crippen LogP contribution in [-0.4, -0.2) is 16.5 Å². The van der Waals surface area contributed by atoms with Crippen LogP contribution in [0, 0.1) is 0 Å². The molecular formula is C6H12BrClO.